The Bertz CT molecular complexity index is 1460. The molecule has 1 aromatic heterocycles. The highest BCUT2D eigenvalue weighted by molar-refractivity contribution is 6.02. The molecule has 2 amide bonds. The van der Waals surface area contributed by atoms with Gasteiger partial charge in [0, 0.05) is 17.3 Å². The topological polar surface area (TPSA) is 97.2 Å². The van der Waals surface area contributed by atoms with Gasteiger partial charge in [0.05, 0.1) is 5.52 Å². The van der Waals surface area contributed by atoms with Gasteiger partial charge in [0.15, 0.2) is 5.78 Å². The highest BCUT2D eigenvalue weighted by Crippen LogP contribution is 2.30. The number of Topliss-reactive ketones (excluding diaryl/α,β-unsaturated/α-hetero) is 1. The van der Waals surface area contributed by atoms with E-state index in [9.17, 15) is 18.8 Å². The van der Waals surface area contributed by atoms with Crippen molar-refractivity contribution in [3.8, 4) is 0 Å². The lowest BCUT2D eigenvalue weighted by Crippen LogP contribution is -2.47. The van der Waals surface area contributed by atoms with Crippen molar-refractivity contribution in [3.63, 3.8) is 0 Å². The van der Waals surface area contributed by atoms with Crippen LogP contribution < -0.4 is 10.2 Å². The number of aromatic nitrogens is 3. The first-order valence-corrected chi connectivity index (χ1v) is 12.7. The maximum atomic E-state index is 14.0. The van der Waals surface area contributed by atoms with Gasteiger partial charge < -0.3 is 5.32 Å². The molecule has 5 rings (SSSR count). The predicted molar refractivity (Wildman–Crippen MR) is 141 cm³/mol. The number of nitrogens with one attached hydrogen (secondary N) is 1. The number of halogens is 1. The summed E-state index contributed by atoms with van der Waals surface area (Å²) in [6, 6.07) is 18.4. The SMILES string of the molecule is CC(=O)c1ccc(N(C(=O)Cn2nnc3ccccc32)[C@H](C(=O)NC2CCCC2)c2ccc(F)cc2)cc1. The third kappa shape index (κ3) is 5.32. The average molecular weight is 514 g/mol. The van der Waals surface area contributed by atoms with Crippen molar-refractivity contribution in [1.82, 2.24) is 20.3 Å². The molecule has 1 saturated carbocycles. The van der Waals surface area contributed by atoms with Gasteiger partial charge in [-0.2, -0.15) is 0 Å². The van der Waals surface area contributed by atoms with Gasteiger partial charge in [-0.1, -0.05) is 42.3 Å². The summed E-state index contributed by atoms with van der Waals surface area (Å²) in [6.07, 6.45) is 3.80. The van der Waals surface area contributed by atoms with Crippen LogP contribution >= 0.6 is 0 Å². The Balaban J connectivity index is 1.57. The van der Waals surface area contributed by atoms with Crippen LogP contribution in [0, 0.1) is 5.82 Å². The van der Waals surface area contributed by atoms with Gasteiger partial charge in [0.25, 0.3) is 0 Å². The first-order chi connectivity index (χ1) is 18.4. The summed E-state index contributed by atoms with van der Waals surface area (Å²) in [4.78, 5) is 41.1. The molecule has 0 saturated heterocycles. The zero-order chi connectivity index (χ0) is 26.6. The average Bonchev–Trinajstić information content (AvgIpc) is 3.58. The van der Waals surface area contributed by atoms with E-state index in [4.69, 9.17) is 0 Å². The smallest absolute Gasteiger partial charge is 0.249 e. The Labute approximate surface area is 219 Å². The van der Waals surface area contributed by atoms with Crippen molar-refractivity contribution in [1.29, 1.82) is 0 Å². The largest absolute Gasteiger partial charge is 0.351 e. The predicted octanol–water partition coefficient (Wildman–Crippen LogP) is 4.61. The van der Waals surface area contributed by atoms with Crippen molar-refractivity contribution in [3.05, 3.63) is 89.7 Å². The number of ketones is 1. The van der Waals surface area contributed by atoms with Gasteiger partial charge >= 0.3 is 0 Å². The Morgan fingerprint density at radius 1 is 1.00 bits per heavy atom. The summed E-state index contributed by atoms with van der Waals surface area (Å²) in [7, 11) is 0. The molecule has 8 nitrogen and oxygen atoms in total. The Morgan fingerprint density at radius 3 is 2.37 bits per heavy atom. The lowest BCUT2D eigenvalue weighted by Gasteiger charge is -2.32. The summed E-state index contributed by atoms with van der Waals surface area (Å²) in [5.74, 6) is -1.32. The van der Waals surface area contributed by atoms with Gasteiger partial charge in [-0.15, -0.1) is 5.10 Å². The summed E-state index contributed by atoms with van der Waals surface area (Å²) in [5, 5.41) is 11.4. The van der Waals surface area contributed by atoms with E-state index < -0.39 is 17.8 Å². The van der Waals surface area contributed by atoms with Gasteiger partial charge in [0.2, 0.25) is 11.8 Å². The lowest BCUT2D eigenvalue weighted by atomic mass is 10.0. The first-order valence-electron chi connectivity index (χ1n) is 12.7. The number of carbonyl (C=O) groups excluding carboxylic acids is 3. The van der Waals surface area contributed by atoms with E-state index >= 15 is 0 Å². The van der Waals surface area contributed by atoms with Crippen LogP contribution in [0.15, 0.2) is 72.8 Å². The number of fused-ring (bicyclic) bond motifs is 1. The third-order valence-electron chi connectivity index (χ3n) is 6.92. The minimum atomic E-state index is -1.07. The molecular formula is C29H28FN5O3. The van der Waals surface area contributed by atoms with Crippen molar-refractivity contribution in [2.45, 2.75) is 51.2 Å². The van der Waals surface area contributed by atoms with Crippen molar-refractivity contribution in [2.75, 3.05) is 4.90 Å². The van der Waals surface area contributed by atoms with E-state index in [0.717, 1.165) is 25.7 Å². The van der Waals surface area contributed by atoms with E-state index in [2.05, 4.69) is 15.6 Å². The summed E-state index contributed by atoms with van der Waals surface area (Å²) in [6.45, 7) is 1.29. The second-order valence-electron chi connectivity index (χ2n) is 9.55. The normalized spacial score (nSPS) is 14.4. The van der Waals surface area contributed by atoms with E-state index in [0.29, 0.717) is 27.8 Å². The van der Waals surface area contributed by atoms with E-state index in [1.165, 1.54) is 40.8 Å². The quantitative estimate of drug-likeness (QED) is 0.347. The second kappa shape index (κ2) is 10.9. The summed E-state index contributed by atoms with van der Waals surface area (Å²) < 4.78 is 15.3. The van der Waals surface area contributed by atoms with E-state index in [1.807, 2.05) is 18.2 Å². The van der Waals surface area contributed by atoms with Gasteiger partial charge in [-0.25, -0.2) is 9.07 Å². The number of rotatable bonds is 8. The highest BCUT2D eigenvalue weighted by Gasteiger charge is 2.34. The molecule has 0 bridgehead atoms. The fourth-order valence-electron chi connectivity index (χ4n) is 4.95. The van der Waals surface area contributed by atoms with Crippen LogP contribution in [0.2, 0.25) is 0 Å². The van der Waals surface area contributed by atoms with Crippen molar-refractivity contribution in [2.24, 2.45) is 0 Å². The molecule has 3 aromatic carbocycles. The molecule has 9 heteroatoms. The fourth-order valence-corrected chi connectivity index (χ4v) is 4.95. The minimum absolute atomic E-state index is 0.0155. The molecule has 1 atom stereocenters. The number of benzene rings is 3. The zero-order valence-corrected chi connectivity index (χ0v) is 21.0. The van der Waals surface area contributed by atoms with Gasteiger partial charge in [-0.3, -0.25) is 19.3 Å². The van der Waals surface area contributed by atoms with Crippen LogP contribution in [0.25, 0.3) is 11.0 Å². The third-order valence-corrected chi connectivity index (χ3v) is 6.92. The van der Waals surface area contributed by atoms with E-state index in [-0.39, 0.29) is 24.3 Å². The maximum absolute atomic E-state index is 14.0. The molecule has 1 aliphatic rings. The summed E-state index contributed by atoms with van der Waals surface area (Å²) in [5.41, 5.74) is 2.71. The molecule has 1 fully saturated rings. The molecule has 1 N–H and O–H groups in total. The number of hydrogen-bond acceptors (Lipinski definition) is 5. The molecule has 194 valence electrons. The Hall–Kier alpha value is -4.40. The minimum Gasteiger partial charge on any atom is -0.351 e. The molecule has 0 aliphatic heterocycles. The molecule has 0 radical (unpaired) electrons. The Morgan fingerprint density at radius 2 is 1.68 bits per heavy atom. The van der Waals surface area contributed by atoms with Crippen LogP contribution in [0.5, 0.6) is 0 Å². The van der Waals surface area contributed by atoms with E-state index in [1.54, 1.807) is 30.3 Å². The van der Waals surface area contributed by atoms with Crippen LogP contribution in [0.3, 0.4) is 0 Å². The summed E-state index contributed by atoms with van der Waals surface area (Å²) >= 11 is 0. The molecule has 1 aliphatic carbocycles. The number of para-hydroxylation sites is 1. The molecular weight excluding hydrogens is 485 g/mol. The molecule has 38 heavy (non-hydrogen) atoms. The number of anilines is 1. The van der Waals surface area contributed by atoms with Crippen LogP contribution in [0.4, 0.5) is 10.1 Å². The molecule has 0 spiro atoms. The maximum Gasteiger partial charge on any atom is 0.249 e. The number of amides is 2. The number of carbonyl (C=O) groups is 3. The van der Waals surface area contributed by atoms with Crippen LogP contribution in [0.1, 0.15) is 54.6 Å². The van der Waals surface area contributed by atoms with Gasteiger partial charge in [-0.05, 0) is 73.9 Å². The first kappa shape index (κ1) is 25.3. The fraction of sp³-hybridized carbons (Fsp3) is 0.276. The molecule has 1 heterocycles. The van der Waals surface area contributed by atoms with Crippen molar-refractivity contribution >= 4 is 34.3 Å². The van der Waals surface area contributed by atoms with Crippen LogP contribution in [-0.2, 0) is 16.1 Å². The zero-order valence-electron chi connectivity index (χ0n) is 21.0. The lowest BCUT2D eigenvalue weighted by molar-refractivity contribution is -0.127. The number of hydrogen-bond donors (Lipinski definition) is 1. The standard InChI is InChI=1S/C29H28FN5O3/c1-19(36)20-12-16-24(17-13-20)35(27(37)18-34-26-9-5-4-8-25(26)32-33-34)28(21-10-14-22(30)15-11-21)29(38)31-23-6-2-3-7-23/h4-5,8-17,23,28H,2-3,6-7,18H2,1H3,(H,31,38)/t28-/m0/s1. The molecule has 0 unspecified atom stereocenters. The second-order valence-corrected chi connectivity index (χ2v) is 9.55. The van der Waals surface area contributed by atoms with Gasteiger partial charge in [0.1, 0.15) is 23.9 Å². The van der Waals surface area contributed by atoms with Crippen molar-refractivity contribution < 1.29 is 18.8 Å². The Kier molecular flexibility index (Phi) is 7.26. The van der Waals surface area contributed by atoms with Crippen LogP contribution in [-0.4, -0.2) is 38.6 Å². The number of nitrogens with zero attached hydrogens (tertiary/aromatic N) is 4. The highest BCUT2D eigenvalue weighted by atomic mass is 19.1. The monoisotopic (exact) mass is 513 g/mol. The molecule has 4 aromatic rings.